The van der Waals surface area contributed by atoms with Gasteiger partial charge in [-0.05, 0) is 53.7 Å². The molecule has 0 bridgehead atoms. The molecule has 5 aromatic rings. The van der Waals surface area contributed by atoms with Crippen LogP contribution in [0.3, 0.4) is 0 Å². The van der Waals surface area contributed by atoms with Gasteiger partial charge < -0.3 is 4.74 Å². The van der Waals surface area contributed by atoms with Gasteiger partial charge in [-0.25, -0.2) is 18.6 Å². The van der Waals surface area contributed by atoms with Gasteiger partial charge in [-0.1, -0.05) is 0 Å². The van der Waals surface area contributed by atoms with Crippen LogP contribution < -0.4 is 4.74 Å². The highest BCUT2D eigenvalue weighted by Crippen LogP contribution is 2.28. The number of nitrogens with zero attached hydrogens (tertiary/aromatic N) is 9. The first kappa shape index (κ1) is 20.2. The molecular weight excluding hydrogens is 425 g/mol. The molecule has 1 aromatic carbocycles. The van der Waals surface area contributed by atoms with Crippen LogP contribution in [0.15, 0.2) is 61.3 Å². The number of fused-ring (bicyclic) bond motifs is 1. The predicted molar refractivity (Wildman–Crippen MR) is 114 cm³/mol. The van der Waals surface area contributed by atoms with Crippen molar-refractivity contribution in [2.75, 3.05) is 0 Å². The quantitative estimate of drug-likeness (QED) is 0.394. The predicted octanol–water partition coefficient (Wildman–Crippen LogP) is 2.92. The number of pyridine rings is 1. The first-order valence-electron chi connectivity index (χ1n) is 9.99. The lowest BCUT2D eigenvalue weighted by Crippen LogP contribution is -2.20. The largest absolute Gasteiger partial charge is 0.486 e. The number of hydrogen-bond donors (Lipinski definition) is 0. The Hall–Kier alpha value is -4.72. The first-order valence-corrected chi connectivity index (χ1v) is 9.99. The Kier molecular flexibility index (Phi) is 5.16. The third-order valence-electron chi connectivity index (χ3n) is 4.97. The van der Waals surface area contributed by atoms with Crippen LogP contribution in [-0.2, 0) is 6.54 Å². The number of benzene rings is 1. The molecule has 0 aliphatic carbocycles. The Morgan fingerprint density at radius 3 is 2.91 bits per heavy atom. The Bertz CT molecular complexity index is 1470. The summed E-state index contributed by atoms with van der Waals surface area (Å²) in [6.07, 6.45) is 5.90. The van der Waals surface area contributed by atoms with Gasteiger partial charge >= 0.3 is 0 Å². The minimum absolute atomic E-state index is 0.0971. The molecule has 4 heterocycles. The van der Waals surface area contributed by atoms with Gasteiger partial charge in [-0.3, -0.25) is 4.98 Å². The zero-order chi connectivity index (χ0) is 22.8. The summed E-state index contributed by atoms with van der Waals surface area (Å²) < 4.78 is 23.4. The van der Waals surface area contributed by atoms with E-state index < -0.39 is 5.82 Å². The Labute approximate surface area is 186 Å². The Morgan fingerprint density at radius 2 is 2.09 bits per heavy atom. The lowest BCUT2D eigenvalue weighted by atomic mass is 10.1. The van der Waals surface area contributed by atoms with Crippen molar-refractivity contribution in [1.29, 1.82) is 5.26 Å². The van der Waals surface area contributed by atoms with Gasteiger partial charge in [0.15, 0.2) is 17.2 Å². The molecule has 1 atom stereocenters. The minimum Gasteiger partial charge on any atom is -0.486 e. The second-order valence-corrected chi connectivity index (χ2v) is 7.27. The van der Waals surface area contributed by atoms with E-state index in [1.807, 2.05) is 0 Å². The first-order chi connectivity index (χ1) is 16.1. The molecule has 0 amide bonds. The van der Waals surface area contributed by atoms with Crippen LogP contribution in [0, 0.1) is 17.1 Å². The van der Waals surface area contributed by atoms with Crippen molar-refractivity contribution >= 4 is 5.65 Å². The van der Waals surface area contributed by atoms with E-state index in [2.05, 4.69) is 36.7 Å². The summed E-state index contributed by atoms with van der Waals surface area (Å²) in [6.45, 7) is 2.17. The van der Waals surface area contributed by atoms with Crippen LogP contribution in [-0.4, -0.2) is 45.9 Å². The Balaban J connectivity index is 1.49. The van der Waals surface area contributed by atoms with Gasteiger partial charge in [0.25, 0.3) is 0 Å². The van der Waals surface area contributed by atoms with Crippen LogP contribution in [0.25, 0.3) is 28.2 Å². The highest BCUT2D eigenvalue weighted by Gasteiger charge is 2.15. The summed E-state index contributed by atoms with van der Waals surface area (Å²) >= 11 is 0. The molecule has 33 heavy (non-hydrogen) atoms. The standard InChI is InChI=1S/C22H16FN9O/c1-14(12-31-13-27-29-30-31)33-21-8-15(2-3-18(21)23)19-4-5-22-26-11-20(32(22)28-19)17-10-25-7-6-16(17)9-24/h2-8,10-11,13-14H,12H2,1H3/t14-/m0/s1. The monoisotopic (exact) mass is 441 g/mol. The van der Waals surface area contributed by atoms with E-state index >= 15 is 0 Å². The number of hydrogen-bond acceptors (Lipinski definition) is 8. The molecule has 0 unspecified atom stereocenters. The van der Waals surface area contributed by atoms with E-state index in [0.29, 0.717) is 40.3 Å². The number of aromatic nitrogens is 8. The molecule has 0 saturated carbocycles. The molecule has 11 heteroatoms. The number of imidazole rings is 1. The minimum atomic E-state index is -0.485. The van der Waals surface area contributed by atoms with E-state index in [1.54, 1.807) is 60.4 Å². The van der Waals surface area contributed by atoms with Gasteiger partial charge in [-0.15, -0.1) is 5.10 Å². The van der Waals surface area contributed by atoms with Crippen molar-refractivity contribution in [2.45, 2.75) is 19.6 Å². The topological polar surface area (TPSA) is 120 Å². The fraction of sp³-hybridized carbons (Fsp3) is 0.136. The highest BCUT2D eigenvalue weighted by molar-refractivity contribution is 5.70. The van der Waals surface area contributed by atoms with Crippen molar-refractivity contribution in [3.05, 3.63) is 72.7 Å². The SMILES string of the molecule is C[C@@H](Cn1cnnn1)Oc1cc(-c2ccc3ncc(-c4cnccc4C#N)n3n2)ccc1F. The summed E-state index contributed by atoms with van der Waals surface area (Å²) in [4.78, 5) is 8.49. The molecular formula is C22H16FN9O. The van der Waals surface area contributed by atoms with E-state index in [0.717, 1.165) is 0 Å². The van der Waals surface area contributed by atoms with Gasteiger partial charge in [0.05, 0.1) is 35.8 Å². The van der Waals surface area contributed by atoms with Gasteiger partial charge in [0, 0.05) is 23.5 Å². The second kappa shape index (κ2) is 8.43. The smallest absolute Gasteiger partial charge is 0.165 e. The van der Waals surface area contributed by atoms with Gasteiger partial charge in [0.2, 0.25) is 0 Å². The molecule has 5 rings (SSSR count). The third kappa shape index (κ3) is 3.97. The average molecular weight is 441 g/mol. The normalized spacial score (nSPS) is 11.9. The van der Waals surface area contributed by atoms with E-state index in [9.17, 15) is 9.65 Å². The fourth-order valence-electron chi connectivity index (χ4n) is 3.44. The lowest BCUT2D eigenvalue weighted by molar-refractivity contribution is 0.185. The molecule has 10 nitrogen and oxygen atoms in total. The molecule has 0 aliphatic rings. The van der Waals surface area contributed by atoms with Crippen LogP contribution in [0.2, 0.25) is 0 Å². The maximum atomic E-state index is 14.5. The van der Waals surface area contributed by atoms with Crippen molar-refractivity contribution in [3.63, 3.8) is 0 Å². The highest BCUT2D eigenvalue weighted by atomic mass is 19.1. The van der Waals surface area contributed by atoms with Crippen molar-refractivity contribution in [3.8, 4) is 34.3 Å². The molecule has 0 spiro atoms. The summed E-state index contributed by atoms with van der Waals surface area (Å²) in [5.41, 5.74) is 3.57. The van der Waals surface area contributed by atoms with Crippen LogP contribution >= 0.6 is 0 Å². The molecule has 0 radical (unpaired) electrons. The van der Waals surface area contributed by atoms with Crippen molar-refractivity contribution < 1.29 is 9.13 Å². The maximum Gasteiger partial charge on any atom is 0.165 e. The molecule has 162 valence electrons. The summed E-state index contributed by atoms with van der Waals surface area (Å²) in [6, 6.07) is 12.0. The van der Waals surface area contributed by atoms with Crippen LogP contribution in [0.1, 0.15) is 12.5 Å². The molecule has 4 aromatic heterocycles. The number of tetrazole rings is 1. The number of halogens is 1. The number of ether oxygens (including phenoxy) is 1. The van der Waals surface area contributed by atoms with Gasteiger partial charge in [0.1, 0.15) is 12.4 Å². The summed E-state index contributed by atoms with van der Waals surface area (Å²) in [5, 5.41) is 25.1. The van der Waals surface area contributed by atoms with E-state index in [1.165, 1.54) is 17.1 Å². The van der Waals surface area contributed by atoms with Crippen molar-refractivity contribution in [2.24, 2.45) is 0 Å². The van der Waals surface area contributed by atoms with Crippen LogP contribution in [0.5, 0.6) is 5.75 Å². The number of nitriles is 1. The second-order valence-electron chi connectivity index (χ2n) is 7.27. The van der Waals surface area contributed by atoms with Crippen molar-refractivity contribution in [1.82, 2.24) is 39.8 Å². The zero-order valence-electron chi connectivity index (χ0n) is 17.4. The summed E-state index contributed by atoms with van der Waals surface area (Å²) in [5.74, 6) is -0.388. The lowest BCUT2D eigenvalue weighted by Gasteiger charge is -2.15. The van der Waals surface area contributed by atoms with Crippen LogP contribution in [0.4, 0.5) is 4.39 Å². The molecule has 0 saturated heterocycles. The summed E-state index contributed by atoms with van der Waals surface area (Å²) in [7, 11) is 0. The maximum absolute atomic E-state index is 14.5. The molecule has 0 aliphatic heterocycles. The Morgan fingerprint density at radius 1 is 1.18 bits per heavy atom. The third-order valence-corrected chi connectivity index (χ3v) is 4.97. The average Bonchev–Trinajstić information content (AvgIpc) is 3.50. The van der Waals surface area contributed by atoms with E-state index in [4.69, 9.17) is 4.74 Å². The van der Waals surface area contributed by atoms with E-state index in [-0.39, 0.29) is 11.9 Å². The molecule has 0 fully saturated rings. The zero-order valence-corrected chi connectivity index (χ0v) is 17.4. The van der Waals surface area contributed by atoms with Gasteiger partial charge in [-0.2, -0.15) is 10.4 Å². The number of rotatable bonds is 6. The molecule has 0 N–H and O–H groups in total. The fourth-order valence-corrected chi connectivity index (χ4v) is 3.44.